The van der Waals surface area contributed by atoms with Crippen molar-refractivity contribution in [1.29, 1.82) is 10.5 Å². The van der Waals surface area contributed by atoms with Gasteiger partial charge in [-0.1, -0.05) is 60.7 Å². The van der Waals surface area contributed by atoms with Gasteiger partial charge in [-0.25, -0.2) is 4.98 Å². The Labute approximate surface area is 279 Å². The van der Waals surface area contributed by atoms with E-state index in [-0.39, 0.29) is 15.9 Å². The molecule has 1 N–H and O–H groups in total. The number of nitrogens with zero attached hydrogens (tertiary/aromatic N) is 8. The summed E-state index contributed by atoms with van der Waals surface area (Å²) in [6, 6.07) is 36.5. The van der Waals surface area contributed by atoms with E-state index in [0.717, 1.165) is 16.7 Å². The smallest absolute Gasteiger partial charge is 0.537 e. The molecule has 6 rings (SSSR count). The largest absolute Gasteiger partial charge is 0.569 e. The molecule has 223 valence electrons. The zero-order valence-corrected chi connectivity index (χ0v) is 25.8. The van der Waals surface area contributed by atoms with Crippen molar-refractivity contribution in [1.82, 2.24) is 29.9 Å². The molecule has 0 saturated carbocycles. The third-order valence-corrected chi connectivity index (χ3v) is 6.20. The molecule has 2 heterocycles. The van der Waals surface area contributed by atoms with Crippen LogP contribution in [0.5, 0.6) is 5.75 Å². The molecule has 6 aromatic rings. The summed E-state index contributed by atoms with van der Waals surface area (Å²) in [5, 5.41) is 25.8. The van der Waals surface area contributed by atoms with E-state index < -0.39 is 0 Å². The molecule has 0 amide bonds. The highest BCUT2D eigenvalue weighted by atomic mass is 35.5. The molecule has 0 spiro atoms. The van der Waals surface area contributed by atoms with Gasteiger partial charge in [-0.2, -0.15) is 35.4 Å². The average molecular weight is 665 g/mol. The number of hydrogen-bond donors (Lipinski definition) is 1. The third kappa shape index (κ3) is 10.1. The Kier molecular flexibility index (Phi) is 12.5. The van der Waals surface area contributed by atoms with Crippen molar-refractivity contribution in [3.63, 3.8) is 0 Å². The maximum Gasteiger partial charge on any atom is 0.569 e. The van der Waals surface area contributed by atoms with Crippen LogP contribution in [0.4, 0.5) is 0 Å². The summed E-state index contributed by atoms with van der Waals surface area (Å²) in [4.78, 5) is 24.3. The van der Waals surface area contributed by atoms with Crippen molar-refractivity contribution in [2.75, 3.05) is 0 Å². The van der Waals surface area contributed by atoms with E-state index in [0.29, 0.717) is 42.0 Å². The molecule has 0 aliphatic carbocycles. The fourth-order valence-electron chi connectivity index (χ4n) is 3.60. The number of hydrogen-bond acceptors (Lipinski definition) is 10. The van der Waals surface area contributed by atoms with Crippen LogP contribution in [0.15, 0.2) is 109 Å². The molecule has 0 unspecified atom stereocenters. The lowest BCUT2D eigenvalue weighted by atomic mass is 10.1. The highest BCUT2D eigenvalue weighted by Gasteiger charge is 2.09. The number of benzene rings is 4. The van der Waals surface area contributed by atoms with Crippen molar-refractivity contribution in [2.24, 2.45) is 0 Å². The monoisotopic (exact) mass is 663 g/mol. The average Bonchev–Trinajstić information content (AvgIpc) is 3.09. The fraction of sp³-hybridized carbons (Fsp3) is 0. The maximum atomic E-state index is 8.82. The summed E-state index contributed by atoms with van der Waals surface area (Å²) < 4.78 is 4.63. The fourth-order valence-corrected chi connectivity index (χ4v) is 4.12. The van der Waals surface area contributed by atoms with Gasteiger partial charge in [0.15, 0.2) is 17.5 Å². The Bertz CT molecular complexity index is 1940. The molecule has 2 aromatic heterocycles. The van der Waals surface area contributed by atoms with Crippen LogP contribution in [-0.4, -0.2) is 42.6 Å². The predicted molar refractivity (Wildman–Crippen MR) is 175 cm³/mol. The lowest BCUT2D eigenvalue weighted by Crippen LogP contribution is -1.99. The molecule has 1 radical (unpaired) electrons. The van der Waals surface area contributed by atoms with Crippen molar-refractivity contribution in [3.05, 3.63) is 136 Å². The van der Waals surface area contributed by atoms with Crippen molar-refractivity contribution in [3.8, 4) is 52.1 Å². The summed E-state index contributed by atoms with van der Waals surface area (Å²) in [6.45, 7) is 0. The molecular weight excluding hydrogens is 646 g/mol. The summed E-state index contributed by atoms with van der Waals surface area (Å²) in [5.41, 5.74) is 3.67. The molecule has 0 fully saturated rings. The molecule has 4 aromatic carbocycles. The molecule has 0 aliphatic heterocycles. The van der Waals surface area contributed by atoms with Gasteiger partial charge >= 0.3 is 7.69 Å². The molecule has 10 nitrogen and oxygen atoms in total. The van der Waals surface area contributed by atoms with Crippen LogP contribution in [0, 0.1) is 22.7 Å². The molecule has 14 heteroatoms. The maximum absolute atomic E-state index is 8.82. The quantitative estimate of drug-likeness (QED) is 0.190. The van der Waals surface area contributed by atoms with Crippen molar-refractivity contribution < 1.29 is 9.68 Å². The van der Waals surface area contributed by atoms with E-state index in [1.807, 2.05) is 66.7 Å². The predicted octanol–water partition coefficient (Wildman–Crippen LogP) is 7.04. The molecule has 0 atom stereocenters. The Morgan fingerprint density at radius 1 is 0.500 bits per heavy atom. The Morgan fingerprint density at radius 3 is 1.28 bits per heavy atom. The number of halogens is 3. The first-order valence-corrected chi connectivity index (χ1v) is 14.2. The van der Waals surface area contributed by atoms with E-state index in [1.165, 1.54) is 0 Å². The SMILES string of the molecule is Clc1nc(Cl)nc(-c2ccccc2)n1.N#Cc1ccc(-c2nc(Cl)nc(-c3ccccc3)n2)cc1.N#Cc1ccc(O[B]O)cc1. The Hall–Kier alpha value is -5.43. The second kappa shape index (κ2) is 17.2. The molecule has 0 saturated heterocycles. The highest BCUT2D eigenvalue weighted by Crippen LogP contribution is 2.22. The zero-order chi connectivity index (χ0) is 32.7. The second-order valence-electron chi connectivity index (χ2n) is 8.73. The lowest BCUT2D eigenvalue weighted by Gasteiger charge is -2.04. The first-order chi connectivity index (χ1) is 22.4. The van der Waals surface area contributed by atoms with Crippen LogP contribution in [0.25, 0.3) is 34.2 Å². The van der Waals surface area contributed by atoms with Gasteiger partial charge in [0, 0.05) is 16.7 Å². The summed E-state index contributed by atoms with van der Waals surface area (Å²) in [5.74, 6) is 2.00. The summed E-state index contributed by atoms with van der Waals surface area (Å²) in [6.07, 6.45) is 0. The minimum Gasteiger partial charge on any atom is -0.537 e. The standard InChI is InChI=1S/C16H9ClN4.C9H5Cl2N3.C7H5BNO2/c17-16-20-14(12-4-2-1-3-5-12)19-15(21-16)13-8-6-11(10-18)7-9-13;10-8-12-7(13-9(11)14-8)6-4-2-1-3-5-6;9-5-6-1-3-7(4-2-6)11-8-10/h1-9H;1-5H;1-4,10H. The number of rotatable bonds is 5. The van der Waals surface area contributed by atoms with Gasteiger partial charge in [-0.15, -0.1) is 0 Å². The van der Waals surface area contributed by atoms with Crippen LogP contribution in [0.1, 0.15) is 11.1 Å². The van der Waals surface area contributed by atoms with Gasteiger partial charge in [-0.3, -0.25) is 0 Å². The van der Waals surface area contributed by atoms with E-state index in [1.54, 1.807) is 48.5 Å². The highest BCUT2D eigenvalue weighted by molar-refractivity contribution is 6.31. The van der Waals surface area contributed by atoms with Crippen LogP contribution < -0.4 is 4.65 Å². The lowest BCUT2D eigenvalue weighted by molar-refractivity contribution is 0.454. The van der Waals surface area contributed by atoms with Gasteiger partial charge in [0.05, 0.1) is 23.3 Å². The van der Waals surface area contributed by atoms with E-state index in [2.05, 4.69) is 40.6 Å². The first kappa shape index (κ1) is 33.5. The second-order valence-corrected chi connectivity index (χ2v) is 9.74. The minimum absolute atomic E-state index is 0.101. The van der Waals surface area contributed by atoms with Crippen molar-refractivity contribution >= 4 is 42.5 Å². The van der Waals surface area contributed by atoms with E-state index in [4.69, 9.17) is 50.4 Å². The van der Waals surface area contributed by atoms with Crippen LogP contribution in [0.3, 0.4) is 0 Å². The zero-order valence-electron chi connectivity index (χ0n) is 23.5. The normalized spacial score (nSPS) is 9.70. The van der Waals surface area contributed by atoms with E-state index >= 15 is 0 Å². The molecule has 46 heavy (non-hydrogen) atoms. The molecular formula is C32H19BCl3N8O2. The van der Waals surface area contributed by atoms with Gasteiger partial charge < -0.3 is 9.68 Å². The third-order valence-electron chi connectivity index (χ3n) is 5.70. The summed E-state index contributed by atoms with van der Waals surface area (Å²) in [7, 11) is 0.599. The minimum atomic E-state index is 0.101. The van der Waals surface area contributed by atoms with Gasteiger partial charge in [0.25, 0.3) is 0 Å². The first-order valence-electron chi connectivity index (χ1n) is 13.1. The number of nitriles is 2. The van der Waals surface area contributed by atoms with Crippen LogP contribution in [-0.2, 0) is 0 Å². The number of aromatic nitrogens is 6. The van der Waals surface area contributed by atoms with Gasteiger partial charge in [0.2, 0.25) is 15.9 Å². The van der Waals surface area contributed by atoms with Gasteiger partial charge in [0.1, 0.15) is 5.75 Å². The molecule has 0 aliphatic rings. The Morgan fingerprint density at radius 2 is 0.870 bits per heavy atom. The topological polar surface area (TPSA) is 154 Å². The summed E-state index contributed by atoms with van der Waals surface area (Å²) >= 11 is 17.3. The van der Waals surface area contributed by atoms with Crippen LogP contribution >= 0.6 is 34.8 Å². The van der Waals surface area contributed by atoms with Crippen LogP contribution in [0.2, 0.25) is 15.9 Å². The van der Waals surface area contributed by atoms with E-state index in [9.17, 15) is 0 Å². The van der Waals surface area contributed by atoms with Gasteiger partial charge in [-0.05, 0) is 83.3 Å². The molecule has 0 bridgehead atoms. The van der Waals surface area contributed by atoms with Crippen molar-refractivity contribution in [2.45, 2.75) is 0 Å². The Balaban J connectivity index is 0.000000167.